The van der Waals surface area contributed by atoms with Crippen molar-refractivity contribution >= 4 is 11.8 Å². The molecule has 1 aliphatic carbocycles. The summed E-state index contributed by atoms with van der Waals surface area (Å²) in [7, 11) is 0. The van der Waals surface area contributed by atoms with Gasteiger partial charge in [-0.2, -0.15) is 4.98 Å². The van der Waals surface area contributed by atoms with E-state index < -0.39 is 0 Å². The van der Waals surface area contributed by atoms with E-state index in [1.807, 2.05) is 6.20 Å². The molecule has 4 rings (SSSR count). The van der Waals surface area contributed by atoms with Gasteiger partial charge in [0.15, 0.2) is 5.16 Å². The summed E-state index contributed by atoms with van der Waals surface area (Å²) < 4.78 is 15.2. The monoisotopic (exact) mass is 382 g/mol. The zero-order valence-electron chi connectivity index (χ0n) is 14.9. The van der Waals surface area contributed by atoms with E-state index in [-0.39, 0.29) is 16.9 Å². The average Bonchev–Trinajstić information content (AvgIpc) is 3.42. The maximum atomic E-state index is 13.1. The summed E-state index contributed by atoms with van der Waals surface area (Å²) in [5.74, 6) is 0.382. The van der Waals surface area contributed by atoms with Crippen LogP contribution in [0.3, 0.4) is 0 Å². The number of halogens is 1. The van der Waals surface area contributed by atoms with E-state index in [1.54, 1.807) is 24.5 Å². The average molecular weight is 382 g/mol. The Balaban J connectivity index is 1.62. The first-order valence-electron chi connectivity index (χ1n) is 8.78. The molecule has 5 nitrogen and oxygen atoms in total. The number of nitrogens with zero attached hydrogens (tertiary/aromatic N) is 4. The highest BCUT2D eigenvalue weighted by molar-refractivity contribution is 7.98. The first-order valence-corrected chi connectivity index (χ1v) is 9.76. The summed E-state index contributed by atoms with van der Waals surface area (Å²) in [6.45, 7) is 2.18. The quantitative estimate of drug-likeness (QED) is 0.482. The number of rotatable bonds is 6. The van der Waals surface area contributed by atoms with Gasteiger partial charge in [-0.05, 0) is 43.0 Å². The first-order chi connectivity index (χ1) is 13.0. The Morgan fingerprint density at radius 1 is 1.15 bits per heavy atom. The minimum absolute atomic E-state index is 0.00771. The smallest absolute Gasteiger partial charge is 0.277 e. The molecule has 0 bridgehead atoms. The molecule has 1 aliphatic rings. The Kier molecular flexibility index (Phi) is 4.78. The van der Waals surface area contributed by atoms with Crippen LogP contribution in [0, 0.1) is 5.82 Å². The molecule has 3 aromatic rings. The number of aromatic nitrogens is 4. The maximum absolute atomic E-state index is 13.1. The second kappa shape index (κ2) is 7.23. The topological polar surface area (TPSA) is 60.7 Å². The van der Waals surface area contributed by atoms with Gasteiger partial charge in [0.1, 0.15) is 12.1 Å². The van der Waals surface area contributed by atoms with Crippen molar-refractivity contribution in [1.82, 2.24) is 19.5 Å². The highest BCUT2D eigenvalue weighted by Crippen LogP contribution is 2.44. The zero-order valence-corrected chi connectivity index (χ0v) is 15.7. The second-order valence-electron chi connectivity index (χ2n) is 7.06. The van der Waals surface area contributed by atoms with Crippen molar-refractivity contribution in [3.63, 3.8) is 0 Å². The molecule has 138 valence electrons. The lowest BCUT2D eigenvalue weighted by atomic mass is 10.1. The normalized spacial score (nSPS) is 14.9. The number of hydrogen-bond acceptors (Lipinski definition) is 5. The van der Waals surface area contributed by atoms with Crippen molar-refractivity contribution in [3.8, 4) is 0 Å². The van der Waals surface area contributed by atoms with Crippen molar-refractivity contribution in [2.45, 2.75) is 42.6 Å². The van der Waals surface area contributed by atoms with Crippen LogP contribution >= 0.6 is 11.8 Å². The van der Waals surface area contributed by atoms with Gasteiger partial charge in [-0.1, -0.05) is 23.9 Å². The van der Waals surface area contributed by atoms with Crippen molar-refractivity contribution in [2.24, 2.45) is 0 Å². The molecule has 0 unspecified atom stereocenters. The lowest BCUT2D eigenvalue weighted by Gasteiger charge is -2.19. The van der Waals surface area contributed by atoms with E-state index in [2.05, 4.69) is 26.4 Å². The fourth-order valence-electron chi connectivity index (χ4n) is 2.88. The number of benzene rings is 1. The van der Waals surface area contributed by atoms with Crippen LogP contribution in [0.25, 0.3) is 0 Å². The maximum Gasteiger partial charge on any atom is 0.277 e. The first kappa shape index (κ1) is 17.9. The minimum atomic E-state index is -0.251. The molecule has 1 aromatic carbocycles. The predicted octanol–water partition coefficient (Wildman–Crippen LogP) is 3.56. The molecule has 7 heteroatoms. The molecule has 0 N–H and O–H groups in total. The fraction of sp³-hybridized carbons (Fsp3) is 0.300. The Labute approximate surface area is 160 Å². The molecule has 0 radical (unpaired) electrons. The third-order valence-corrected chi connectivity index (χ3v) is 5.83. The summed E-state index contributed by atoms with van der Waals surface area (Å²) in [5.41, 5.74) is 2.31. The zero-order chi connectivity index (χ0) is 18.9. The third-order valence-electron chi connectivity index (χ3n) is 4.81. The lowest BCUT2D eigenvalue weighted by molar-refractivity contribution is 0.466. The van der Waals surface area contributed by atoms with Crippen molar-refractivity contribution in [3.05, 3.63) is 82.0 Å². The van der Waals surface area contributed by atoms with E-state index in [9.17, 15) is 9.18 Å². The Morgan fingerprint density at radius 3 is 2.52 bits per heavy atom. The molecule has 2 aromatic heterocycles. The van der Waals surface area contributed by atoms with Gasteiger partial charge in [0.05, 0.1) is 0 Å². The molecule has 0 aliphatic heterocycles. The van der Waals surface area contributed by atoms with E-state index >= 15 is 0 Å². The van der Waals surface area contributed by atoms with Crippen LogP contribution in [-0.4, -0.2) is 19.5 Å². The number of thioether (sulfide) groups is 1. The summed E-state index contributed by atoms with van der Waals surface area (Å²) in [6, 6.07) is 6.41. The Morgan fingerprint density at radius 2 is 1.85 bits per heavy atom. The molecule has 0 amide bonds. The highest BCUT2D eigenvalue weighted by Gasteiger charge is 2.40. The molecule has 1 fully saturated rings. The van der Waals surface area contributed by atoms with Gasteiger partial charge >= 0.3 is 0 Å². The summed E-state index contributed by atoms with van der Waals surface area (Å²) in [5, 5.41) is 0.706. The molecule has 2 heterocycles. The third kappa shape index (κ3) is 4.08. The van der Waals surface area contributed by atoms with Crippen LogP contribution in [-0.2, 0) is 17.7 Å². The van der Waals surface area contributed by atoms with Crippen LogP contribution in [0.5, 0.6) is 0 Å². The summed E-state index contributed by atoms with van der Waals surface area (Å²) in [6.07, 6.45) is 9.43. The lowest BCUT2D eigenvalue weighted by Crippen LogP contribution is -2.24. The van der Waals surface area contributed by atoms with Crippen LogP contribution < -0.4 is 5.56 Å². The van der Waals surface area contributed by atoms with E-state index in [4.69, 9.17) is 0 Å². The molecule has 0 spiro atoms. The van der Waals surface area contributed by atoms with E-state index in [0.29, 0.717) is 22.9 Å². The Bertz CT molecular complexity index is 1000. The minimum Gasteiger partial charge on any atom is -0.321 e. The predicted molar refractivity (Wildman–Crippen MR) is 102 cm³/mol. The van der Waals surface area contributed by atoms with Gasteiger partial charge in [-0.15, -0.1) is 0 Å². The van der Waals surface area contributed by atoms with Gasteiger partial charge in [0.25, 0.3) is 5.56 Å². The van der Waals surface area contributed by atoms with Gasteiger partial charge < -0.3 is 4.57 Å². The standard InChI is InChI=1S/C20H19FN4OS/c1-20(6-7-20)25-11-16(8-15-9-22-13-23-10-15)18(26)24-19(25)27-12-14-2-4-17(21)5-3-14/h2-5,9-11,13H,6-8,12H2,1H3. The molecule has 0 atom stereocenters. The second-order valence-corrected chi connectivity index (χ2v) is 8.00. The summed E-state index contributed by atoms with van der Waals surface area (Å²) in [4.78, 5) is 25.0. The van der Waals surface area contributed by atoms with Crippen LogP contribution in [0.15, 0.2) is 59.1 Å². The van der Waals surface area contributed by atoms with E-state index in [0.717, 1.165) is 24.0 Å². The Hall–Kier alpha value is -2.54. The van der Waals surface area contributed by atoms with Crippen molar-refractivity contribution < 1.29 is 4.39 Å². The number of hydrogen-bond donors (Lipinski definition) is 0. The van der Waals surface area contributed by atoms with Crippen LogP contribution in [0.1, 0.15) is 36.5 Å². The molecular formula is C20H19FN4OS. The SMILES string of the molecule is CC1(n2cc(Cc3cncnc3)c(=O)nc2SCc2ccc(F)cc2)CC1. The van der Waals surface area contributed by atoms with E-state index in [1.165, 1.54) is 30.2 Å². The fourth-order valence-corrected chi connectivity index (χ4v) is 3.93. The van der Waals surface area contributed by atoms with Crippen LogP contribution in [0.2, 0.25) is 0 Å². The largest absolute Gasteiger partial charge is 0.321 e. The van der Waals surface area contributed by atoms with Crippen molar-refractivity contribution in [1.29, 1.82) is 0 Å². The molecule has 0 saturated heterocycles. The van der Waals surface area contributed by atoms with Crippen molar-refractivity contribution in [2.75, 3.05) is 0 Å². The molecule has 27 heavy (non-hydrogen) atoms. The molecule has 1 saturated carbocycles. The highest BCUT2D eigenvalue weighted by atomic mass is 32.2. The van der Waals surface area contributed by atoms with Crippen LogP contribution in [0.4, 0.5) is 4.39 Å². The van der Waals surface area contributed by atoms with Gasteiger partial charge in [-0.25, -0.2) is 14.4 Å². The molecular weight excluding hydrogens is 363 g/mol. The van der Waals surface area contributed by atoms with Gasteiger partial charge in [0, 0.05) is 41.9 Å². The summed E-state index contributed by atoms with van der Waals surface area (Å²) >= 11 is 1.51. The van der Waals surface area contributed by atoms with Gasteiger partial charge in [0.2, 0.25) is 0 Å². The van der Waals surface area contributed by atoms with Gasteiger partial charge in [-0.3, -0.25) is 4.79 Å².